The maximum Gasteiger partial charge on any atom is 0.313 e. The second-order valence-electron chi connectivity index (χ2n) is 6.15. The molecule has 1 N–H and O–H groups in total. The van der Waals surface area contributed by atoms with Gasteiger partial charge < -0.3 is 5.11 Å². The van der Waals surface area contributed by atoms with Gasteiger partial charge in [-0.3, -0.25) is 9.59 Å². The van der Waals surface area contributed by atoms with Gasteiger partial charge in [-0.05, 0) is 24.1 Å². The monoisotopic (exact) mass is 392 g/mol. The molecule has 0 amide bonds. The van der Waals surface area contributed by atoms with Crippen molar-refractivity contribution in [3.05, 3.63) is 64.4 Å². The molecular formula is C20H16N4O3S. The van der Waals surface area contributed by atoms with Gasteiger partial charge in [0.1, 0.15) is 0 Å². The molecule has 0 aliphatic carbocycles. The van der Waals surface area contributed by atoms with E-state index in [0.29, 0.717) is 27.3 Å². The molecule has 0 saturated carbocycles. The molecule has 2 heterocycles. The number of carboxylic acids is 1. The molecule has 0 bridgehead atoms. The fraction of sp³-hybridized carbons (Fsp3) is 0.150. The van der Waals surface area contributed by atoms with E-state index in [1.54, 1.807) is 6.07 Å². The van der Waals surface area contributed by atoms with Crippen molar-refractivity contribution in [1.82, 2.24) is 19.6 Å². The Kier molecular flexibility index (Phi) is 4.79. The van der Waals surface area contributed by atoms with Crippen molar-refractivity contribution >= 4 is 34.3 Å². The van der Waals surface area contributed by atoms with E-state index in [9.17, 15) is 9.59 Å². The topological polar surface area (TPSA) is 97.5 Å². The highest BCUT2D eigenvalue weighted by molar-refractivity contribution is 7.99. The van der Waals surface area contributed by atoms with Crippen LogP contribution in [0.25, 0.3) is 27.8 Å². The molecule has 0 saturated heterocycles. The van der Waals surface area contributed by atoms with Gasteiger partial charge in [-0.1, -0.05) is 55.1 Å². The maximum absolute atomic E-state index is 12.7. The molecule has 28 heavy (non-hydrogen) atoms. The Bertz CT molecular complexity index is 1250. The average molecular weight is 392 g/mol. The molecule has 0 unspecified atom stereocenters. The van der Waals surface area contributed by atoms with Crippen molar-refractivity contribution < 1.29 is 9.90 Å². The molecule has 0 aliphatic heterocycles. The Morgan fingerprint density at radius 2 is 1.86 bits per heavy atom. The van der Waals surface area contributed by atoms with Gasteiger partial charge >= 0.3 is 5.97 Å². The third kappa shape index (κ3) is 3.34. The van der Waals surface area contributed by atoms with Crippen molar-refractivity contribution in [3.8, 4) is 11.3 Å². The number of hydrogen-bond acceptors (Lipinski definition) is 6. The molecule has 0 radical (unpaired) electrons. The third-order valence-corrected chi connectivity index (χ3v) is 5.23. The number of thioether (sulfide) groups is 1. The van der Waals surface area contributed by atoms with E-state index in [4.69, 9.17) is 5.11 Å². The second-order valence-corrected chi connectivity index (χ2v) is 7.09. The summed E-state index contributed by atoms with van der Waals surface area (Å²) in [4.78, 5) is 32.5. The van der Waals surface area contributed by atoms with Gasteiger partial charge in [0.05, 0.1) is 11.3 Å². The predicted octanol–water partition coefficient (Wildman–Crippen LogP) is 3.04. The van der Waals surface area contributed by atoms with E-state index in [2.05, 4.69) is 22.0 Å². The number of nitrogens with zero attached hydrogens (tertiary/aromatic N) is 4. The van der Waals surface area contributed by atoms with Gasteiger partial charge in [-0.15, -0.1) is 0 Å². The summed E-state index contributed by atoms with van der Waals surface area (Å²) < 4.78 is 1.46. The summed E-state index contributed by atoms with van der Waals surface area (Å²) in [6, 6.07) is 14.8. The average Bonchev–Trinajstić information content (AvgIpc) is 2.71. The fourth-order valence-corrected chi connectivity index (χ4v) is 3.57. The van der Waals surface area contributed by atoms with Crippen LogP contribution in [-0.4, -0.2) is 36.4 Å². The van der Waals surface area contributed by atoms with Gasteiger partial charge in [0.25, 0.3) is 5.56 Å². The molecule has 8 heteroatoms. The minimum atomic E-state index is -0.961. The quantitative estimate of drug-likeness (QED) is 0.317. The number of aliphatic carboxylic acids is 1. The van der Waals surface area contributed by atoms with Crippen LogP contribution in [0.15, 0.2) is 58.5 Å². The number of carboxylic acid groups (broad SMARTS) is 1. The first kappa shape index (κ1) is 18.1. The third-order valence-electron chi connectivity index (χ3n) is 4.31. The highest BCUT2D eigenvalue weighted by Crippen LogP contribution is 2.24. The molecular weight excluding hydrogens is 376 g/mol. The zero-order chi connectivity index (χ0) is 19.7. The zero-order valence-corrected chi connectivity index (χ0v) is 15.8. The van der Waals surface area contributed by atoms with Gasteiger partial charge in [0, 0.05) is 10.9 Å². The van der Waals surface area contributed by atoms with Crippen LogP contribution in [-0.2, 0) is 11.2 Å². The predicted molar refractivity (Wildman–Crippen MR) is 108 cm³/mol. The van der Waals surface area contributed by atoms with E-state index < -0.39 is 11.5 Å². The number of aryl methyl sites for hydroxylation is 1. The van der Waals surface area contributed by atoms with Crippen LogP contribution < -0.4 is 5.56 Å². The summed E-state index contributed by atoms with van der Waals surface area (Å²) in [5.41, 5.74) is 2.57. The number of aromatic nitrogens is 4. The molecule has 4 rings (SSSR count). The van der Waals surface area contributed by atoms with Crippen LogP contribution in [0.2, 0.25) is 0 Å². The first-order chi connectivity index (χ1) is 13.6. The summed E-state index contributed by atoms with van der Waals surface area (Å²) in [5, 5.41) is 14.6. The number of benzene rings is 2. The minimum absolute atomic E-state index is 0.172. The molecule has 0 fully saturated rings. The molecule has 7 nitrogen and oxygen atoms in total. The Labute approximate surface area is 164 Å². The lowest BCUT2D eigenvalue weighted by molar-refractivity contribution is -0.133. The van der Waals surface area contributed by atoms with Crippen LogP contribution in [0, 0.1) is 0 Å². The van der Waals surface area contributed by atoms with Gasteiger partial charge in [0.15, 0.2) is 16.5 Å². The van der Waals surface area contributed by atoms with Crippen LogP contribution in [0.3, 0.4) is 0 Å². The first-order valence-corrected chi connectivity index (χ1v) is 9.69. The van der Waals surface area contributed by atoms with Crippen molar-refractivity contribution in [2.75, 3.05) is 5.75 Å². The summed E-state index contributed by atoms with van der Waals surface area (Å²) in [5.74, 6) is -1.13. The minimum Gasteiger partial charge on any atom is -0.481 e. The van der Waals surface area contributed by atoms with E-state index in [1.807, 2.05) is 42.5 Å². The van der Waals surface area contributed by atoms with E-state index in [1.165, 1.54) is 4.52 Å². The number of rotatable bonds is 5. The summed E-state index contributed by atoms with van der Waals surface area (Å²) >= 11 is 1.04. The Morgan fingerprint density at radius 3 is 2.57 bits per heavy atom. The van der Waals surface area contributed by atoms with Crippen molar-refractivity contribution in [2.45, 2.75) is 18.5 Å². The van der Waals surface area contributed by atoms with Gasteiger partial charge in [-0.25, -0.2) is 4.98 Å². The lowest BCUT2D eigenvalue weighted by atomic mass is 10.1. The number of carbonyl (C=O) groups is 1. The van der Waals surface area contributed by atoms with E-state index in [-0.39, 0.29) is 11.4 Å². The van der Waals surface area contributed by atoms with Crippen LogP contribution >= 0.6 is 11.8 Å². The zero-order valence-electron chi connectivity index (χ0n) is 15.0. The molecule has 2 aromatic heterocycles. The molecule has 2 aromatic carbocycles. The van der Waals surface area contributed by atoms with E-state index in [0.717, 1.165) is 23.7 Å². The highest BCUT2D eigenvalue weighted by atomic mass is 32.2. The van der Waals surface area contributed by atoms with Crippen LogP contribution in [0.5, 0.6) is 0 Å². The standard InChI is InChI=1S/C20H16N4O3S/c1-2-12-7-9-13(10-8-12)17-19(27)22-18-14-5-3-4-6-15(14)21-20(24(18)23-17)28-11-16(25)26/h3-10H,2,11H2,1H3,(H,25,26). The molecule has 140 valence electrons. The first-order valence-electron chi connectivity index (χ1n) is 8.70. The summed E-state index contributed by atoms with van der Waals surface area (Å²) in [7, 11) is 0. The smallest absolute Gasteiger partial charge is 0.313 e. The molecule has 0 atom stereocenters. The van der Waals surface area contributed by atoms with Crippen molar-refractivity contribution in [3.63, 3.8) is 0 Å². The van der Waals surface area contributed by atoms with Crippen molar-refractivity contribution in [2.24, 2.45) is 0 Å². The van der Waals surface area contributed by atoms with Crippen molar-refractivity contribution in [1.29, 1.82) is 0 Å². The second kappa shape index (κ2) is 7.40. The largest absolute Gasteiger partial charge is 0.481 e. The summed E-state index contributed by atoms with van der Waals surface area (Å²) in [6.45, 7) is 2.06. The number of fused-ring (bicyclic) bond motifs is 3. The van der Waals surface area contributed by atoms with Gasteiger partial charge in [0.2, 0.25) is 0 Å². The lowest BCUT2D eigenvalue weighted by Gasteiger charge is -2.10. The Hall–Kier alpha value is -3.26. The normalized spacial score (nSPS) is 11.2. The summed E-state index contributed by atoms with van der Waals surface area (Å²) in [6.07, 6.45) is 0.897. The molecule has 0 spiro atoms. The van der Waals surface area contributed by atoms with Gasteiger partial charge in [-0.2, -0.15) is 14.6 Å². The number of para-hydroxylation sites is 1. The highest BCUT2D eigenvalue weighted by Gasteiger charge is 2.15. The SMILES string of the molecule is CCc1ccc(-c2nn3c(SCC(=O)O)nc4ccccc4c3nc2=O)cc1. The Balaban J connectivity index is 1.97. The van der Waals surface area contributed by atoms with Crippen LogP contribution in [0.1, 0.15) is 12.5 Å². The fourth-order valence-electron chi connectivity index (χ4n) is 2.90. The molecule has 0 aliphatic rings. The number of hydrogen-bond donors (Lipinski definition) is 1. The Morgan fingerprint density at radius 1 is 1.11 bits per heavy atom. The lowest BCUT2D eigenvalue weighted by Crippen LogP contribution is -2.18. The maximum atomic E-state index is 12.7. The van der Waals surface area contributed by atoms with E-state index >= 15 is 0 Å². The molecule has 4 aromatic rings. The van der Waals surface area contributed by atoms with Crippen LogP contribution in [0.4, 0.5) is 0 Å².